The summed E-state index contributed by atoms with van der Waals surface area (Å²) < 4.78 is 5.13. The predicted octanol–water partition coefficient (Wildman–Crippen LogP) is -0.644. The van der Waals surface area contributed by atoms with Gasteiger partial charge in [0.25, 0.3) is 5.91 Å². The number of rotatable bonds is 5. The summed E-state index contributed by atoms with van der Waals surface area (Å²) in [6.07, 6.45) is 1.47. The van der Waals surface area contributed by atoms with Gasteiger partial charge in [0.05, 0.1) is 12.8 Å². The highest BCUT2D eigenvalue weighted by atomic mass is 16.4. The number of anilines is 1. The Morgan fingerprint density at radius 1 is 1.08 bits per heavy atom. The quantitative estimate of drug-likeness (QED) is 0.615. The van der Waals surface area contributed by atoms with Crippen LogP contribution < -0.4 is 10.8 Å². The fraction of sp³-hybridized carbons (Fsp3) is 0.294. The van der Waals surface area contributed by atoms with Gasteiger partial charge in [0, 0.05) is 31.9 Å². The SMILES string of the molecule is O=C(CN1CCN(C(=O)c2ccco2)CC1)Nc1ccc(B(O)O)cc1. The molecule has 26 heavy (non-hydrogen) atoms. The van der Waals surface area contributed by atoms with Crippen molar-refractivity contribution in [3.05, 3.63) is 48.4 Å². The van der Waals surface area contributed by atoms with Crippen LogP contribution in [0, 0.1) is 0 Å². The standard InChI is InChI=1S/C17H20BN3O5/c22-16(19-14-5-3-13(4-6-14)18(24)25)12-20-7-9-21(10-8-20)17(23)15-2-1-11-26-15/h1-6,11,24-25H,7-10,12H2,(H,19,22). The van der Waals surface area contributed by atoms with Crippen molar-refractivity contribution in [2.75, 3.05) is 38.0 Å². The van der Waals surface area contributed by atoms with Crippen molar-refractivity contribution in [2.24, 2.45) is 0 Å². The molecular weight excluding hydrogens is 337 g/mol. The highest BCUT2D eigenvalue weighted by Gasteiger charge is 2.24. The highest BCUT2D eigenvalue weighted by Crippen LogP contribution is 2.10. The summed E-state index contributed by atoms with van der Waals surface area (Å²) in [6.45, 7) is 2.52. The lowest BCUT2D eigenvalue weighted by atomic mass is 9.80. The molecule has 0 aliphatic carbocycles. The van der Waals surface area contributed by atoms with Crippen molar-refractivity contribution in [3.8, 4) is 0 Å². The predicted molar refractivity (Wildman–Crippen MR) is 95.9 cm³/mol. The molecule has 1 fully saturated rings. The first-order valence-corrected chi connectivity index (χ1v) is 8.34. The number of furan rings is 1. The van der Waals surface area contributed by atoms with Crippen LogP contribution in [-0.4, -0.2) is 71.5 Å². The van der Waals surface area contributed by atoms with Crippen LogP contribution in [0.5, 0.6) is 0 Å². The van der Waals surface area contributed by atoms with Gasteiger partial charge in [-0.05, 0) is 29.7 Å². The second kappa shape index (κ2) is 8.18. The summed E-state index contributed by atoms with van der Waals surface area (Å²) >= 11 is 0. The maximum atomic E-state index is 12.2. The van der Waals surface area contributed by atoms with Gasteiger partial charge in [-0.1, -0.05) is 12.1 Å². The molecule has 1 aliphatic rings. The van der Waals surface area contributed by atoms with Crippen molar-refractivity contribution in [3.63, 3.8) is 0 Å². The zero-order valence-electron chi connectivity index (χ0n) is 14.2. The number of hydrogen-bond acceptors (Lipinski definition) is 6. The Balaban J connectivity index is 1.45. The smallest absolute Gasteiger partial charge is 0.459 e. The molecular formula is C17H20BN3O5. The third-order valence-corrected chi connectivity index (χ3v) is 4.25. The number of amides is 2. The molecule has 2 aromatic rings. The van der Waals surface area contributed by atoms with Gasteiger partial charge in [-0.3, -0.25) is 14.5 Å². The lowest BCUT2D eigenvalue weighted by Crippen LogP contribution is -2.50. The second-order valence-corrected chi connectivity index (χ2v) is 6.09. The molecule has 1 aromatic heterocycles. The number of nitrogens with one attached hydrogen (secondary N) is 1. The number of hydrogen-bond donors (Lipinski definition) is 3. The topological polar surface area (TPSA) is 106 Å². The average molecular weight is 357 g/mol. The highest BCUT2D eigenvalue weighted by molar-refractivity contribution is 6.58. The van der Waals surface area contributed by atoms with Crippen LogP contribution in [-0.2, 0) is 4.79 Å². The van der Waals surface area contributed by atoms with E-state index in [9.17, 15) is 9.59 Å². The minimum absolute atomic E-state index is 0.134. The molecule has 1 aromatic carbocycles. The van der Waals surface area contributed by atoms with Crippen molar-refractivity contribution in [2.45, 2.75) is 0 Å². The zero-order valence-corrected chi connectivity index (χ0v) is 14.2. The second-order valence-electron chi connectivity index (χ2n) is 6.09. The van der Waals surface area contributed by atoms with Crippen molar-refractivity contribution >= 4 is 30.1 Å². The minimum Gasteiger partial charge on any atom is -0.459 e. The third kappa shape index (κ3) is 4.51. The van der Waals surface area contributed by atoms with Crippen LogP contribution in [0.15, 0.2) is 47.1 Å². The van der Waals surface area contributed by atoms with E-state index < -0.39 is 7.12 Å². The summed E-state index contributed by atoms with van der Waals surface area (Å²) in [5.74, 6) is 0.0333. The molecule has 2 heterocycles. The van der Waals surface area contributed by atoms with Crippen LogP contribution in [0.25, 0.3) is 0 Å². The Bertz CT molecular complexity index is 740. The largest absolute Gasteiger partial charge is 0.488 e. The third-order valence-electron chi connectivity index (χ3n) is 4.25. The molecule has 3 rings (SSSR count). The van der Waals surface area contributed by atoms with Crippen molar-refractivity contribution in [1.82, 2.24) is 9.80 Å². The lowest BCUT2D eigenvalue weighted by molar-refractivity contribution is -0.117. The van der Waals surface area contributed by atoms with Crippen LogP contribution in [0.1, 0.15) is 10.6 Å². The molecule has 0 atom stereocenters. The van der Waals surface area contributed by atoms with Gasteiger partial charge in [0.15, 0.2) is 5.76 Å². The van der Waals surface area contributed by atoms with Gasteiger partial charge in [0.1, 0.15) is 0 Å². The van der Waals surface area contributed by atoms with Crippen LogP contribution in [0.4, 0.5) is 5.69 Å². The van der Waals surface area contributed by atoms with Crippen LogP contribution in [0.2, 0.25) is 0 Å². The molecule has 1 saturated heterocycles. The maximum Gasteiger partial charge on any atom is 0.488 e. The summed E-state index contributed by atoms with van der Waals surface area (Å²) in [5.41, 5.74) is 0.950. The first-order valence-electron chi connectivity index (χ1n) is 8.34. The molecule has 0 radical (unpaired) electrons. The molecule has 0 saturated carbocycles. The fourth-order valence-electron chi connectivity index (χ4n) is 2.81. The van der Waals surface area contributed by atoms with E-state index in [2.05, 4.69) is 5.32 Å². The van der Waals surface area contributed by atoms with Gasteiger partial charge in [0.2, 0.25) is 5.91 Å². The maximum absolute atomic E-state index is 12.2. The van der Waals surface area contributed by atoms with Gasteiger partial charge < -0.3 is 24.7 Å². The number of carbonyl (C=O) groups is 2. The van der Waals surface area contributed by atoms with E-state index >= 15 is 0 Å². The number of piperazine rings is 1. The molecule has 2 amide bonds. The monoisotopic (exact) mass is 357 g/mol. The molecule has 0 unspecified atom stereocenters. The molecule has 1 aliphatic heterocycles. The minimum atomic E-state index is -1.53. The van der Waals surface area contributed by atoms with Gasteiger partial charge in [-0.25, -0.2) is 0 Å². The Morgan fingerprint density at radius 2 is 1.77 bits per heavy atom. The molecule has 0 bridgehead atoms. The van der Waals surface area contributed by atoms with E-state index in [1.807, 2.05) is 4.90 Å². The fourth-order valence-corrected chi connectivity index (χ4v) is 2.81. The first-order chi connectivity index (χ1) is 12.5. The Labute approximate surface area is 151 Å². The van der Waals surface area contributed by atoms with E-state index in [0.717, 1.165) is 0 Å². The Morgan fingerprint density at radius 3 is 2.35 bits per heavy atom. The first kappa shape index (κ1) is 18.2. The summed E-state index contributed by atoms with van der Waals surface area (Å²) in [4.78, 5) is 28.1. The Kier molecular flexibility index (Phi) is 5.72. The average Bonchev–Trinajstić information content (AvgIpc) is 3.17. The van der Waals surface area contributed by atoms with Crippen molar-refractivity contribution in [1.29, 1.82) is 0 Å². The van der Waals surface area contributed by atoms with E-state index in [1.54, 1.807) is 41.3 Å². The van der Waals surface area contributed by atoms with E-state index in [1.165, 1.54) is 6.26 Å². The number of benzene rings is 1. The normalized spacial score (nSPS) is 14.9. The van der Waals surface area contributed by atoms with Crippen LogP contribution >= 0.6 is 0 Å². The van der Waals surface area contributed by atoms with Gasteiger partial charge >= 0.3 is 7.12 Å². The summed E-state index contributed by atoms with van der Waals surface area (Å²) in [7, 11) is -1.53. The zero-order chi connectivity index (χ0) is 18.5. The van der Waals surface area contributed by atoms with E-state index in [4.69, 9.17) is 14.5 Å². The molecule has 8 nitrogen and oxygen atoms in total. The van der Waals surface area contributed by atoms with Crippen molar-refractivity contribution < 1.29 is 24.1 Å². The lowest BCUT2D eigenvalue weighted by Gasteiger charge is -2.33. The molecule has 136 valence electrons. The Hall–Kier alpha value is -2.62. The van der Waals surface area contributed by atoms with E-state index in [-0.39, 0.29) is 18.4 Å². The van der Waals surface area contributed by atoms with E-state index in [0.29, 0.717) is 43.1 Å². The molecule has 3 N–H and O–H groups in total. The number of nitrogens with zero attached hydrogens (tertiary/aromatic N) is 2. The number of carbonyl (C=O) groups excluding carboxylic acids is 2. The van der Waals surface area contributed by atoms with Crippen LogP contribution in [0.3, 0.4) is 0 Å². The van der Waals surface area contributed by atoms with Gasteiger partial charge in [-0.2, -0.15) is 0 Å². The molecule has 9 heteroatoms. The summed E-state index contributed by atoms with van der Waals surface area (Å²) in [6, 6.07) is 9.64. The summed E-state index contributed by atoms with van der Waals surface area (Å²) in [5, 5.41) is 20.9. The molecule has 0 spiro atoms. The van der Waals surface area contributed by atoms with Gasteiger partial charge in [-0.15, -0.1) is 0 Å².